The van der Waals surface area contributed by atoms with Gasteiger partial charge in [0.2, 0.25) is 5.91 Å². The van der Waals surface area contributed by atoms with Gasteiger partial charge in [-0.1, -0.05) is 13.0 Å². The number of aliphatic carboxylic acids is 1. The zero-order chi connectivity index (χ0) is 17.1. The Bertz CT molecular complexity index is 606. The minimum absolute atomic E-state index is 0.0687. The fourth-order valence-corrected chi connectivity index (χ4v) is 3.22. The summed E-state index contributed by atoms with van der Waals surface area (Å²) in [4.78, 5) is 25.3. The Morgan fingerprint density at radius 3 is 2.70 bits per heavy atom. The number of carboxylic acid groups (broad SMARTS) is 1. The van der Waals surface area contributed by atoms with E-state index >= 15 is 0 Å². The van der Waals surface area contributed by atoms with E-state index in [1.807, 2.05) is 0 Å². The summed E-state index contributed by atoms with van der Waals surface area (Å²) in [5, 5.41) is 9.21. The molecule has 6 heteroatoms. The van der Waals surface area contributed by atoms with Crippen LogP contribution in [0, 0.1) is 17.6 Å². The molecule has 0 aliphatic carbocycles. The van der Waals surface area contributed by atoms with Crippen molar-refractivity contribution in [1.29, 1.82) is 0 Å². The van der Waals surface area contributed by atoms with E-state index in [1.54, 1.807) is 18.7 Å². The van der Waals surface area contributed by atoms with Crippen LogP contribution in [-0.2, 0) is 9.59 Å². The number of carboxylic acids is 1. The number of nitrogens with zero attached hydrogens (tertiary/aromatic N) is 1. The zero-order valence-corrected chi connectivity index (χ0v) is 13.3. The predicted octanol–water partition coefficient (Wildman–Crippen LogP) is 3.17. The highest BCUT2D eigenvalue weighted by molar-refractivity contribution is 5.79. The maximum absolute atomic E-state index is 13.8. The molecule has 1 aromatic carbocycles. The van der Waals surface area contributed by atoms with Crippen LogP contribution in [0.4, 0.5) is 8.78 Å². The van der Waals surface area contributed by atoms with Gasteiger partial charge in [0.25, 0.3) is 0 Å². The fraction of sp³-hybridized carbons (Fsp3) is 0.529. The average Bonchev–Trinajstić information content (AvgIpc) is 2.46. The van der Waals surface area contributed by atoms with E-state index < -0.39 is 29.4 Å². The van der Waals surface area contributed by atoms with Crippen molar-refractivity contribution in [3.8, 4) is 0 Å². The monoisotopic (exact) mass is 325 g/mol. The SMILES string of the molecule is CC(CC(=O)N1CCC[C@H](C(=O)O)[C@@H]1C)c1ccc(F)cc1F. The Morgan fingerprint density at radius 2 is 2.09 bits per heavy atom. The normalized spacial score (nSPS) is 22.7. The number of piperidine rings is 1. The van der Waals surface area contributed by atoms with Crippen LogP contribution >= 0.6 is 0 Å². The molecule has 0 saturated carbocycles. The largest absolute Gasteiger partial charge is 0.481 e. The van der Waals surface area contributed by atoms with Crippen LogP contribution < -0.4 is 0 Å². The van der Waals surface area contributed by atoms with Crippen molar-refractivity contribution in [3.63, 3.8) is 0 Å². The minimum Gasteiger partial charge on any atom is -0.481 e. The second-order valence-corrected chi connectivity index (χ2v) is 6.19. The predicted molar refractivity (Wildman–Crippen MR) is 80.9 cm³/mol. The lowest BCUT2D eigenvalue weighted by molar-refractivity contribution is -0.149. The average molecular weight is 325 g/mol. The Kier molecular flexibility index (Phi) is 5.34. The first-order valence-electron chi connectivity index (χ1n) is 7.78. The number of rotatable bonds is 4. The number of amides is 1. The third kappa shape index (κ3) is 3.86. The van der Waals surface area contributed by atoms with E-state index in [0.29, 0.717) is 24.9 Å². The molecular weight excluding hydrogens is 304 g/mol. The number of benzene rings is 1. The second-order valence-electron chi connectivity index (χ2n) is 6.19. The van der Waals surface area contributed by atoms with Crippen molar-refractivity contribution in [3.05, 3.63) is 35.4 Å². The van der Waals surface area contributed by atoms with Gasteiger partial charge in [-0.15, -0.1) is 0 Å². The summed E-state index contributed by atoms with van der Waals surface area (Å²) >= 11 is 0. The number of hydrogen-bond donors (Lipinski definition) is 1. The van der Waals surface area contributed by atoms with E-state index in [2.05, 4.69) is 0 Å². The smallest absolute Gasteiger partial charge is 0.308 e. The van der Waals surface area contributed by atoms with Crippen molar-refractivity contribution in [2.75, 3.05) is 6.54 Å². The lowest BCUT2D eigenvalue weighted by Gasteiger charge is -2.38. The topological polar surface area (TPSA) is 57.6 Å². The zero-order valence-electron chi connectivity index (χ0n) is 13.3. The van der Waals surface area contributed by atoms with Crippen molar-refractivity contribution in [2.24, 2.45) is 5.92 Å². The molecule has 1 saturated heterocycles. The highest BCUT2D eigenvalue weighted by atomic mass is 19.1. The molecular formula is C17H21F2NO3. The number of carbonyl (C=O) groups excluding carboxylic acids is 1. The van der Waals surface area contributed by atoms with E-state index in [9.17, 15) is 23.5 Å². The van der Waals surface area contributed by atoms with Crippen molar-refractivity contribution < 1.29 is 23.5 Å². The molecule has 126 valence electrons. The highest BCUT2D eigenvalue weighted by Gasteiger charge is 2.35. The molecule has 1 unspecified atom stereocenters. The molecule has 1 aliphatic rings. The summed E-state index contributed by atoms with van der Waals surface area (Å²) in [6.07, 6.45) is 1.27. The van der Waals surface area contributed by atoms with E-state index in [-0.39, 0.29) is 18.4 Å². The van der Waals surface area contributed by atoms with Crippen LogP contribution in [0.15, 0.2) is 18.2 Å². The number of carbonyl (C=O) groups is 2. The molecule has 0 aromatic heterocycles. The molecule has 0 radical (unpaired) electrons. The summed E-state index contributed by atoms with van der Waals surface area (Å²) in [7, 11) is 0. The van der Waals surface area contributed by atoms with Crippen LogP contribution in [-0.4, -0.2) is 34.5 Å². The fourth-order valence-electron chi connectivity index (χ4n) is 3.22. The van der Waals surface area contributed by atoms with Crippen molar-refractivity contribution in [1.82, 2.24) is 4.90 Å². The molecule has 1 aromatic rings. The van der Waals surface area contributed by atoms with Gasteiger partial charge in [-0.3, -0.25) is 9.59 Å². The molecule has 1 heterocycles. The van der Waals surface area contributed by atoms with Gasteiger partial charge < -0.3 is 10.0 Å². The van der Waals surface area contributed by atoms with Crippen LogP contribution in [0.2, 0.25) is 0 Å². The molecule has 2 rings (SSSR count). The third-order valence-corrected chi connectivity index (χ3v) is 4.60. The first kappa shape index (κ1) is 17.4. The summed E-state index contributed by atoms with van der Waals surface area (Å²) in [6.45, 7) is 3.96. The Morgan fingerprint density at radius 1 is 1.39 bits per heavy atom. The maximum atomic E-state index is 13.8. The van der Waals surface area contributed by atoms with E-state index in [4.69, 9.17) is 0 Å². The van der Waals surface area contributed by atoms with Gasteiger partial charge in [0.1, 0.15) is 11.6 Å². The van der Waals surface area contributed by atoms with Gasteiger partial charge >= 0.3 is 5.97 Å². The first-order chi connectivity index (χ1) is 10.8. The summed E-state index contributed by atoms with van der Waals surface area (Å²) in [6, 6.07) is 2.95. The lowest BCUT2D eigenvalue weighted by atomic mass is 9.89. The number of halogens is 2. The van der Waals surface area contributed by atoms with Gasteiger partial charge in [0, 0.05) is 25.1 Å². The molecule has 23 heavy (non-hydrogen) atoms. The van der Waals surface area contributed by atoms with Crippen LogP contribution in [0.25, 0.3) is 0 Å². The number of hydrogen-bond acceptors (Lipinski definition) is 2. The summed E-state index contributed by atoms with van der Waals surface area (Å²) < 4.78 is 26.8. The van der Waals surface area contributed by atoms with Crippen LogP contribution in [0.5, 0.6) is 0 Å². The van der Waals surface area contributed by atoms with Gasteiger partial charge in [0.05, 0.1) is 5.92 Å². The lowest BCUT2D eigenvalue weighted by Crippen LogP contribution is -2.49. The highest BCUT2D eigenvalue weighted by Crippen LogP contribution is 2.28. The van der Waals surface area contributed by atoms with E-state index in [1.165, 1.54) is 12.1 Å². The molecule has 1 amide bonds. The van der Waals surface area contributed by atoms with Crippen molar-refractivity contribution >= 4 is 11.9 Å². The van der Waals surface area contributed by atoms with E-state index in [0.717, 1.165) is 6.07 Å². The second kappa shape index (κ2) is 7.06. The molecule has 4 nitrogen and oxygen atoms in total. The molecule has 1 aliphatic heterocycles. The Hall–Kier alpha value is -1.98. The Balaban J connectivity index is 2.07. The van der Waals surface area contributed by atoms with Crippen LogP contribution in [0.1, 0.15) is 44.6 Å². The number of likely N-dealkylation sites (tertiary alicyclic amines) is 1. The summed E-state index contributed by atoms with van der Waals surface area (Å²) in [5.41, 5.74) is 0.291. The molecule has 0 bridgehead atoms. The maximum Gasteiger partial charge on any atom is 0.308 e. The molecule has 1 fully saturated rings. The quantitative estimate of drug-likeness (QED) is 0.925. The molecule has 0 spiro atoms. The van der Waals surface area contributed by atoms with Gasteiger partial charge in [0.15, 0.2) is 0 Å². The minimum atomic E-state index is -0.896. The summed E-state index contributed by atoms with van der Waals surface area (Å²) in [5.74, 6) is -3.38. The standard InChI is InChI=1S/C17H21F2NO3/c1-10(13-6-5-12(18)9-15(13)19)8-16(21)20-7-3-4-14(11(20)2)17(22)23/h5-6,9-11,14H,3-4,7-8H2,1-2H3,(H,22,23)/t10?,11-,14-/m0/s1. The van der Waals surface area contributed by atoms with Crippen molar-refractivity contribution in [2.45, 2.75) is 45.1 Å². The third-order valence-electron chi connectivity index (χ3n) is 4.60. The van der Waals surface area contributed by atoms with Gasteiger partial charge in [-0.05, 0) is 37.3 Å². The Labute approximate surface area is 134 Å². The van der Waals surface area contributed by atoms with Gasteiger partial charge in [-0.25, -0.2) is 8.78 Å². The first-order valence-corrected chi connectivity index (χ1v) is 7.78. The molecule has 1 N–H and O–H groups in total. The van der Waals surface area contributed by atoms with Crippen LogP contribution in [0.3, 0.4) is 0 Å². The van der Waals surface area contributed by atoms with Gasteiger partial charge in [-0.2, -0.15) is 0 Å². The molecule has 3 atom stereocenters.